The molecule has 198 valence electrons. The van der Waals surface area contributed by atoms with E-state index in [-0.39, 0.29) is 29.4 Å². The highest BCUT2D eigenvalue weighted by Crippen LogP contribution is 2.24. The minimum absolute atomic E-state index is 0.101. The van der Waals surface area contributed by atoms with Gasteiger partial charge in [0.15, 0.2) is 0 Å². The molecule has 1 aliphatic rings. The summed E-state index contributed by atoms with van der Waals surface area (Å²) in [4.78, 5) is 12.9. The van der Waals surface area contributed by atoms with Gasteiger partial charge in [-0.25, -0.2) is 16.8 Å². The number of nitrogens with zero attached hydrogens (tertiary/aromatic N) is 2. The van der Waals surface area contributed by atoms with Crippen molar-refractivity contribution in [2.24, 2.45) is 0 Å². The van der Waals surface area contributed by atoms with E-state index in [4.69, 9.17) is 4.74 Å². The third kappa shape index (κ3) is 6.64. The lowest BCUT2D eigenvalue weighted by atomic mass is 10.2. The van der Waals surface area contributed by atoms with Crippen molar-refractivity contribution in [3.05, 3.63) is 53.6 Å². The van der Waals surface area contributed by atoms with Crippen LogP contribution in [0.1, 0.15) is 44.2 Å². The molecule has 1 amide bonds. The average Bonchev–Trinajstić information content (AvgIpc) is 2.88. The molecule has 1 saturated heterocycles. The summed E-state index contributed by atoms with van der Waals surface area (Å²) in [6, 6.07) is 11.1. The quantitative estimate of drug-likeness (QED) is 0.472. The normalized spacial score (nSPS) is 15.1. The number of nitrogens with one attached hydrogen (secondary N) is 1. The molecule has 0 unspecified atom stereocenters. The van der Waals surface area contributed by atoms with Crippen molar-refractivity contribution >= 4 is 26.0 Å². The van der Waals surface area contributed by atoms with Gasteiger partial charge in [0.2, 0.25) is 26.0 Å². The van der Waals surface area contributed by atoms with Crippen molar-refractivity contribution in [3.63, 3.8) is 0 Å². The highest BCUT2D eigenvalue weighted by molar-refractivity contribution is 7.89. The molecule has 0 bridgehead atoms. The van der Waals surface area contributed by atoms with Crippen LogP contribution in [-0.2, 0) is 31.4 Å². The summed E-state index contributed by atoms with van der Waals surface area (Å²) in [6.07, 6.45) is 2.78. The summed E-state index contributed by atoms with van der Waals surface area (Å²) < 4.78 is 59.9. The number of hydrogen-bond acceptors (Lipinski definition) is 6. The molecule has 0 saturated carbocycles. The fourth-order valence-corrected chi connectivity index (χ4v) is 7.07. The van der Waals surface area contributed by atoms with Gasteiger partial charge in [-0.15, -0.1) is 0 Å². The van der Waals surface area contributed by atoms with Gasteiger partial charge in [0.1, 0.15) is 5.75 Å². The molecule has 9 nitrogen and oxygen atoms in total. The van der Waals surface area contributed by atoms with Crippen LogP contribution < -0.4 is 10.1 Å². The second-order valence-electron chi connectivity index (χ2n) is 8.68. The van der Waals surface area contributed by atoms with Gasteiger partial charge in [0.05, 0.1) is 22.9 Å². The van der Waals surface area contributed by atoms with Crippen molar-refractivity contribution < 1.29 is 26.4 Å². The number of benzene rings is 2. The van der Waals surface area contributed by atoms with E-state index in [0.29, 0.717) is 36.6 Å². The van der Waals surface area contributed by atoms with Crippen LogP contribution in [0.3, 0.4) is 0 Å². The lowest BCUT2D eigenvalue weighted by Gasteiger charge is -2.25. The van der Waals surface area contributed by atoms with E-state index >= 15 is 0 Å². The smallest absolute Gasteiger partial charge is 0.243 e. The lowest BCUT2D eigenvalue weighted by Crippen LogP contribution is -2.40. The van der Waals surface area contributed by atoms with Gasteiger partial charge in [-0.2, -0.15) is 8.61 Å². The third-order valence-electron chi connectivity index (χ3n) is 6.12. The Balaban J connectivity index is 1.61. The second-order valence-corrected chi connectivity index (χ2v) is 12.6. The van der Waals surface area contributed by atoms with Gasteiger partial charge in [-0.05, 0) is 68.1 Å². The van der Waals surface area contributed by atoms with Crippen LogP contribution in [0.2, 0.25) is 0 Å². The number of hydrogen-bond donors (Lipinski definition) is 1. The SMILES string of the molecule is CCOc1ccc(S(=O)(=O)N(CC)CC(=O)NCc2ccc(S(=O)(=O)N3CCCCC3)cc2)cc1C. The van der Waals surface area contributed by atoms with Crippen molar-refractivity contribution in [3.8, 4) is 5.75 Å². The fourth-order valence-electron chi connectivity index (χ4n) is 4.07. The van der Waals surface area contributed by atoms with Gasteiger partial charge in [0, 0.05) is 26.2 Å². The first-order valence-corrected chi connectivity index (χ1v) is 15.1. The lowest BCUT2D eigenvalue weighted by molar-refractivity contribution is -0.121. The van der Waals surface area contributed by atoms with E-state index in [2.05, 4.69) is 5.32 Å². The number of carbonyl (C=O) groups is 1. The summed E-state index contributed by atoms with van der Waals surface area (Å²) in [5.41, 5.74) is 1.41. The Labute approximate surface area is 214 Å². The molecule has 0 spiro atoms. The van der Waals surface area contributed by atoms with E-state index in [1.54, 1.807) is 50.2 Å². The summed E-state index contributed by atoms with van der Waals surface area (Å²) in [6.45, 7) is 6.81. The highest BCUT2D eigenvalue weighted by Gasteiger charge is 2.27. The molecule has 1 heterocycles. The monoisotopic (exact) mass is 537 g/mol. The molecular weight excluding hydrogens is 502 g/mol. The first kappa shape index (κ1) is 28.1. The van der Waals surface area contributed by atoms with E-state index in [1.807, 2.05) is 6.92 Å². The van der Waals surface area contributed by atoms with Crippen LogP contribution in [0.5, 0.6) is 5.75 Å². The molecule has 36 heavy (non-hydrogen) atoms. The summed E-state index contributed by atoms with van der Waals surface area (Å²) >= 11 is 0. The summed E-state index contributed by atoms with van der Waals surface area (Å²) in [5.74, 6) is 0.167. The Kier molecular flexibility index (Phi) is 9.51. The number of ether oxygens (including phenoxy) is 1. The molecule has 1 fully saturated rings. The van der Waals surface area contributed by atoms with Crippen LogP contribution in [0, 0.1) is 6.92 Å². The summed E-state index contributed by atoms with van der Waals surface area (Å²) in [7, 11) is -7.39. The number of carbonyl (C=O) groups excluding carboxylic acids is 1. The summed E-state index contributed by atoms with van der Waals surface area (Å²) in [5, 5.41) is 2.72. The highest BCUT2D eigenvalue weighted by atomic mass is 32.2. The molecule has 0 aromatic heterocycles. The predicted octanol–water partition coefficient (Wildman–Crippen LogP) is 2.90. The molecule has 1 N–H and O–H groups in total. The standard InChI is InChI=1S/C25H35N3O6S2/c1-4-27(36(32,33)23-13-14-24(34-5-2)20(3)17-23)19-25(29)26-18-21-9-11-22(12-10-21)35(30,31)28-15-7-6-8-16-28/h9-14,17H,4-8,15-16,18-19H2,1-3H3,(H,26,29). The van der Waals surface area contributed by atoms with Crippen molar-refractivity contribution in [2.75, 3.05) is 32.8 Å². The Hall–Kier alpha value is -2.47. The minimum Gasteiger partial charge on any atom is -0.494 e. The number of sulfonamides is 2. The van der Waals surface area contributed by atoms with Gasteiger partial charge >= 0.3 is 0 Å². The van der Waals surface area contributed by atoms with Gasteiger partial charge in [-0.3, -0.25) is 4.79 Å². The Morgan fingerprint density at radius 1 is 0.972 bits per heavy atom. The van der Waals surface area contributed by atoms with Gasteiger partial charge < -0.3 is 10.1 Å². The van der Waals surface area contributed by atoms with E-state index in [9.17, 15) is 21.6 Å². The first-order chi connectivity index (χ1) is 17.1. The van der Waals surface area contributed by atoms with Crippen molar-refractivity contribution in [2.45, 2.75) is 56.4 Å². The Morgan fingerprint density at radius 2 is 1.61 bits per heavy atom. The molecular formula is C25H35N3O6S2. The minimum atomic E-state index is -3.87. The maximum atomic E-state index is 13.1. The van der Waals surface area contributed by atoms with Crippen LogP contribution in [-0.4, -0.2) is 64.1 Å². The molecule has 11 heteroatoms. The number of piperidine rings is 1. The Bertz CT molecular complexity index is 1260. The molecule has 0 atom stereocenters. The second kappa shape index (κ2) is 12.2. The van der Waals surface area contributed by atoms with Gasteiger partial charge in [-0.1, -0.05) is 25.5 Å². The Morgan fingerprint density at radius 3 is 2.19 bits per heavy atom. The fraction of sp³-hybridized carbons (Fsp3) is 0.480. The molecule has 0 radical (unpaired) electrons. The maximum Gasteiger partial charge on any atom is 0.243 e. The molecule has 1 aliphatic heterocycles. The number of rotatable bonds is 11. The average molecular weight is 538 g/mol. The molecule has 0 aliphatic carbocycles. The van der Waals surface area contributed by atoms with Crippen LogP contribution in [0.15, 0.2) is 52.3 Å². The van der Waals surface area contributed by atoms with Crippen molar-refractivity contribution in [1.82, 2.24) is 13.9 Å². The number of aryl methyl sites for hydroxylation is 1. The van der Waals surface area contributed by atoms with Crippen LogP contribution in [0.25, 0.3) is 0 Å². The van der Waals surface area contributed by atoms with Crippen molar-refractivity contribution in [1.29, 1.82) is 0 Å². The van der Waals surface area contributed by atoms with Gasteiger partial charge in [0.25, 0.3) is 0 Å². The molecule has 3 rings (SSSR count). The zero-order chi connectivity index (χ0) is 26.3. The van der Waals surface area contributed by atoms with E-state index < -0.39 is 26.0 Å². The zero-order valence-corrected chi connectivity index (χ0v) is 22.7. The predicted molar refractivity (Wildman–Crippen MR) is 138 cm³/mol. The maximum absolute atomic E-state index is 13.1. The molecule has 2 aromatic rings. The van der Waals surface area contributed by atoms with E-state index in [0.717, 1.165) is 23.6 Å². The van der Waals surface area contributed by atoms with Crippen LogP contribution in [0.4, 0.5) is 0 Å². The topological polar surface area (TPSA) is 113 Å². The molecule has 2 aromatic carbocycles. The zero-order valence-electron chi connectivity index (χ0n) is 21.1. The van der Waals surface area contributed by atoms with Crippen LogP contribution >= 0.6 is 0 Å². The third-order valence-corrected chi connectivity index (χ3v) is 9.95. The number of likely N-dealkylation sites (N-methyl/N-ethyl adjacent to an activating group) is 1. The largest absolute Gasteiger partial charge is 0.494 e. The number of amides is 1. The first-order valence-electron chi connectivity index (χ1n) is 12.2. The van der Waals surface area contributed by atoms with E-state index in [1.165, 1.54) is 10.4 Å².